The van der Waals surface area contributed by atoms with Crippen molar-refractivity contribution in [3.8, 4) is 0 Å². The summed E-state index contributed by atoms with van der Waals surface area (Å²) in [4.78, 5) is 11.8. The van der Waals surface area contributed by atoms with Crippen LogP contribution in [0, 0.1) is 5.41 Å². The summed E-state index contributed by atoms with van der Waals surface area (Å²) in [7, 11) is 0. The Morgan fingerprint density at radius 3 is 2.42 bits per heavy atom. The number of benzene rings is 1. The molecule has 1 unspecified atom stereocenters. The Kier molecular flexibility index (Phi) is 5.35. The van der Waals surface area contributed by atoms with Crippen LogP contribution < -0.4 is 5.32 Å². The predicted molar refractivity (Wildman–Crippen MR) is 74.9 cm³/mol. The van der Waals surface area contributed by atoms with Crippen molar-refractivity contribution in [2.75, 3.05) is 6.54 Å². The zero-order valence-corrected chi connectivity index (χ0v) is 12.1. The third-order valence-corrected chi connectivity index (χ3v) is 3.26. The molecule has 0 fully saturated rings. The Balaban J connectivity index is 2.62. The Bertz CT molecular complexity index is 443. The van der Waals surface area contributed by atoms with Crippen LogP contribution >= 0.6 is 11.6 Å². The molecule has 0 aliphatic heterocycles. The average Bonchev–Trinajstić information content (AvgIpc) is 2.34. The summed E-state index contributed by atoms with van der Waals surface area (Å²) in [5, 5.41) is 22.6. The van der Waals surface area contributed by atoms with E-state index in [0.29, 0.717) is 10.6 Å². The summed E-state index contributed by atoms with van der Waals surface area (Å²) in [6.07, 6.45) is -2.02. The summed E-state index contributed by atoms with van der Waals surface area (Å²) >= 11 is 5.91. The van der Waals surface area contributed by atoms with Gasteiger partial charge in [0.2, 0.25) is 0 Å². The highest BCUT2D eigenvalue weighted by Gasteiger charge is 2.25. The largest absolute Gasteiger partial charge is 0.391 e. The second-order valence-electron chi connectivity index (χ2n) is 5.55. The van der Waals surface area contributed by atoms with E-state index in [1.807, 2.05) is 20.8 Å². The molecule has 1 aromatic rings. The van der Waals surface area contributed by atoms with Crippen molar-refractivity contribution < 1.29 is 15.0 Å². The lowest BCUT2D eigenvalue weighted by Gasteiger charge is -2.26. The maximum atomic E-state index is 11.8. The third kappa shape index (κ3) is 4.49. The molecule has 0 aliphatic rings. The van der Waals surface area contributed by atoms with Crippen LogP contribution in [0.3, 0.4) is 0 Å². The quantitative estimate of drug-likeness (QED) is 0.791. The number of hydrogen-bond acceptors (Lipinski definition) is 3. The number of carbonyl (C=O) groups excluding carboxylic acids is 1. The highest BCUT2D eigenvalue weighted by Crippen LogP contribution is 2.23. The molecule has 0 radical (unpaired) electrons. The number of nitrogens with one attached hydrogen (secondary N) is 1. The van der Waals surface area contributed by atoms with Gasteiger partial charge in [0.25, 0.3) is 5.91 Å². The van der Waals surface area contributed by atoms with E-state index in [-0.39, 0.29) is 12.0 Å². The van der Waals surface area contributed by atoms with Gasteiger partial charge in [-0.1, -0.05) is 50.6 Å². The first-order chi connectivity index (χ1) is 8.73. The average molecular weight is 286 g/mol. The van der Waals surface area contributed by atoms with Crippen LogP contribution in [0.4, 0.5) is 0 Å². The van der Waals surface area contributed by atoms with E-state index in [1.165, 1.54) is 0 Å². The Labute approximate surface area is 118 Å². The van der Waals surface area contributed by atoms with E-state index in [1.54, 1.807) is 24.3 Å². The molecule has 0 bridgehead atoms. The summed E-state index contributed by atoms with van der Waals surface area (Å²) in [6.45, 7) is 5.70. The van der Waals surface area contributed by atoms with Gasteiger partial charge >= 0.3 is 0 Å². The standard InChI is InChI=1S/C14H20ClNO3/c1-14(2,3)11(17)8-16-13(19)12(18)9-6-4-5-7-10(9)15/h4-7,11-12,17-18H,8H2,1-3H3,(H,16,19)/t11?,12-/m1/s1. The maximum Gasteiger partial charge on any atom is 0.253 e. The molecule has 2 atom stereocenters. The zero-order chi connectivity index (χ0) is 14.6. The lowest BCUT2D eigenvalue weighted by Crippen LogP contribution is -2.41. The molecule has 0 heterocycles. The van der Waals surface area contributed by atoms with E-state index in [2.05, 4.69) is 5.32 Å². The van der Waals surface area contributed by atoms with Crippen molar-refractivity contribution >= 4 is 17.5 Å². The molecule has 0 saturated heterocycles. The number of aliphatic hydroxyl groups excluding tert-OH is 2. The second kappa shape index (κ2) is 6.37. The van der Waals surface area contributed by atoms with Crippen LogP contribution in [0.5, 0.6) is 0 Å². The number of halogens is 1. The monoisotopic (exact) mass is 285 g/mol. The Morgan fingerprint density at radius 2 is 1.89 bits per heavy atom. The molecule has 0 spiro atoms. The first kappa shape index (κ1) is 16.0. The number of hydrogen-bond donors (Lipinski definition) is 3. The van der Waals surface area contributed by atoms with Gasteiger partial charge in [-0.2, -0.15) is 0 Å². The van der Waals surface area contributed by atoms with Crippen LogP contribution in [-0.2, 0) is 4.79 Å². The first-order valence-electron chi connectivity index (χ1n) is 6.11. The minimum atomic E-state index is -1.33. The Morgan fingerprint density at radius 1 is 1.32 bits per heavy atom. The van der Waals surface area contributed by atoms with E-state index in [0.717, 1.165) is 0 Å². The topological polar surface area (TPSA) is 69.6 Å². The highest BCUT2D eigenvalue weighted by atomic mass is 35.5. The second-order valence-corrected chi connectivity index (χ2v) is 5.96. The molecule has 0 aromatic heterocycles. The van der Waals surface area contributed by atoms with E-state index >= 15 is 0 Å². The molecule has 1 amide bonds. The fraction of sp³-hybridized carbons (Fsp3) is 0.500. The van der Waals surface area contributed by atoms with Crippen molar-refractivity contribution in [2.45, 2.75) is 33.0 Å². The molecule has 1 rings (SSSR count). The number of rotatable bonds is 4. The fourth-order valence-electron chi connectivity index (χ4n) is 1.44. The molecule has 0 aliphatic carbocycles. The van der Waals surface area contributed by atoms with Crippen LogP contribution in [0.1, 0.15) is 32.4 Å². The van der Waals surface area contributed by atoms with E-state index < -0.39 is 18.1 Å². The van der Waals surface area contributed by atoms with Gasteiger partial charge in [0.15, 0.2) is 6.10 Å². The molecule has 4 nitrogen and oxygen atoms in total. The molecular formula is C14H20ClNO3. The van der Waals surface area contributed by atoms with Crippen molar-refractivity contribution in [1.29, 1.82) is 0 Å². The molecule has 3 N–H and O–H groups in total. The SMILES string of the molecule is CC(C)(C)C(O)CNC(=O)[C@H](O)c1ccccc1Cl. The molecule has 1 aromatic carbocycles. The number of aliphatic hydroxyl groups is 2. The van der Waals surface area contributed by atoms with Crippen molar-refractivity contribution in [2.24, 2.45) is 5.41 Å². The Hall–Kier alpha value is -1.10. The summed E-state index contributed by atoms with van der Waals surface area (Å²) in [5.74, 6) is -0.573. The highest BCUT2D eigenvalue weighted by molar-refractivity contribution is 6.31. The van der Waals surface area contributed by atoms with Crippen LogP contribution in [0.15, 0.2) is 24.3 Å². The minimum Gasteiger partial charge on any atom is -0.391 e. The van der Waals surface area contributed by atoms with Crippen LogP contribution in [0.25, 0.3) is 0 Å². The van der Waals surface area contributed by atoms with Gasteiger partial charge in [-0.25, -0.2) is 0 Å². The van der Waals surface area contributed by atoms with Crippen LogP contribution in [0.2, 0.25) is 5.02 Å². The van der Waals surface area contributed by atoms with Crippen molar-refractivity contribution in [3.05, 3.63) is 34.9 Å². The van der Waals surface area contributed by atoms with Crippen molar-refractivity contribution in [3.63, 3.8) is 0 Å². The van der Waals surface area contributed by atoms with Crippen LogP contribution in [-0.4, -0.2) is 28.8 Å². The fourth-order valence-corrected chi connectivity index (χ4v) is 1.68. The first-order valence-corrected chi connectivity index (χ1v) is 6.49. The summed E-state index contributed by atoms with van der Waals surface area (Å²) in [5.41, 5.74) is 0.0229. The lowest BCUT2D eigenvalue weighted by molar-refractivity contribution is -0.130. The van der Waals surface area contributed by atoms with Gasteiger partial charge in [0.1, 0.15) is 0 Å². The summed E-state index contributed by atoms with van der Waals surface area (Å²) in [6, 6.07) is 6.62. The predicted octanol–water partition coefficient (Wildman–Crippen LogP) is 1.90. The maximum absolute atomic E-state index is 11.8. The van der Waals surface area contributed by atoms with Gasteiger partial charge in [0, 0.05) is 17.1 Å². The summed E-state index contributed by atoms with van der Waals surface area (Å²) < 4.78 is 0. The molecule has 19 heavy (non-hydrogen) atoms. The molecular weight excluding hydrogens is 266 g/mol. The van der Waals surface area contributed by atoms with Gasteiger partial charge in [0.05, 0.1) is 6.10 Å². The van der Waals surface area contributed by atoms with Gasteiger partial charge < -0.3 is 15.5 Å². The third-order valence-electron chi connectivity index (χ3n) is 2.92. The van der Waals surface area contributed by atoms with Crippen molar-refractivity contribution in [1.82, 2.24) is 5.32 Å². The molecule has 0 saturated carbocycles. The smallest absolute Gasteiger partial charge is 0.253 e. The zero-order valence-electron chi connectivity index (χ0n) is 11.4. The van der Waals surface area contributed by atoms with Gasteiger partial charge in [-0.05, 0) is 11.5 Å². The van der Waals surface area contributed by atoms with Gasteiger partial charge in [-0.3, -0.25) is 4.79 Å². The minimum absolute atomic E-state index is 0.0871. The normalized spacial score (nSPS) is 14.8. The number of amides is 1. The number of carbonyl (C=O) groups is 1. The van der Waals surface area contributed by atoms with E-state index in [4.69, 9.17) is 11.6 Å². The molecule has 106 valence electrons. The van der Waals surface area contributed by atoms with Gasteiger partial charge in [-0.15, -0.1) is 0 Å². The lowest BCUT2D eigenvalue weighted by atomic mass is 9.89. The molecule has 5 heteroatoms. The van der Waals surface area contributed by atoms with E-state index in [9.17, 15) is 15.0 Å².